The summed E-state index contributed by atoms with van der Waals surface area (Å²) in [6.45, 7) is 0.0724. The standard InChI is InChI=1S/C15H12N4O3/c16-15(21)12-5-11-6-18-3-4-19(11)13(12)9-22-14-7-17-2-1-10(14)8-20/h1-8H,9H2,(H2,16,21). The fourth-order valence-corrected chi connectivity index (χ4v) is 2.20. The first kappa shape index (κ1) is 13.7. The van der Waals surface area contributed by atoms with Gasteiger partial charge in [-0.3, -0.25) is 19.6 Å². The van der Waals surface area contributed by atoms with Crippen LogP contribution in [0.5, 0.6) is 5.75 Å². The van der Waals surface area contributed by atoms with Gasteiger partial charge in [-0.15, -0.1) is 0 Å². The van der Waals surface area contributed by atoms with Crippen molar-refractivity contribution in [3.05, 3.63) is 59.9 Å². The lowest BCUT2D eigenvalue weighted by molar-refractivity contribution is 0.0996. The van der Waals surface area contributed by atoms with Gasteiger partial charge >= 0.3 is 0 Å². The molecule has 0 fully saturated rings. The highest BCUT2D eigenvalue weighted by atomic mass is 16.5. The fraction of sp³-hybridized carbons (Fsp3) is 0.0667. The summed E-state index contributed by atoms with van der Waals surface area (Å²) in [6, 6.07) is 3.20. The monoisotopic (exact) mass is 296 g/mol. The minimum atomic E-state index is -0.552. The summed E-state index contributed by atoms with van der Waals surface area (Å²) < 4.78 is 7.40. The lowest BCUT2D eigenvalue weighted by atomic mass is 10.2. The summed E-state index contributed by atoms with van der Waals surface area (Å²) in [7, 11) is 0. The number of nitrogens with zero attached hydrogens (tertiary/aromatic N) is 3. The summed E-state index contributed by atoms with van der Waals surface area (Å²) in [6.07, 6.45) is 8.57. The number of nitrogens with two attached hydrogens (primary N) is 1. The second kappa shape index (κ2) is 5.65. The largest absolute Gasteiger partial charge is 0.485 e. The van der Waals surface area contributed by atoms with Crippen molar-refractivity contribution in [2.45, 2.75) is 6.61 Å². The first-order valence-corrected chi connectivity index (χ1v) is 6.46. The molecule has 0 aliphatic rings. The molecule has 0 radical (unpaired) electrons. The predicted octanol–water partition coefficient (Wildman–Crippen LogP) is 1.22. The predicted molar refractivity (Wildman–Crippen MR) is 77.7 cm³/mol. The van der Waals surface area contributed by atoms with Gasteiger partial charge in [0, 0.05) is 18.6 Å². The van der Waals surface area contributed by atoms with Crippen LogP contribution >= 0.6 is 0 Å². The topological polar surface area (TPSA) is 99.6 Å². The van der Waals surface area contributed by atoms with Crippen LogP contribution in [0.1, 0.15) is 26.4 Å². The van der Waals surface area contributed by atoms with Gasteiger partial charge in [-0.05, 0) is 12.1 Å². The molecule has 0 aliphatic carbocycles. The van der Waals surface area contributed by atoms with E-state index in [0.717, 1.165) is 5.52 Å². The zero-order valence-electron chi connectivity index (χ0n) is 11.5. The molecule has 7 nitrogen and oxygen atoms in total. The number of carbonyl (C=O) groups excluding carboxylic acids is 2. The summed E-state index contributed by atoms with van der Waals surface area (Å²) >= 11 is 0. The van der Waals surface area contributed by atoms with E-state index in [1.807, 2.05) is 0 Å². The van der Waals surface area contributed by atoms with E-state index in [-0.39, 0.29) is 6.61 Å². The van der Waals surface area contributed by atoms with E-state index in [0.29, 0.717) is 28.9 Å². The number of fused-ring (bicyclic) bond motifs is 1. The molecular weight excluding hydrogens is 284 g/mol. The summed E-state index contributed by atoms with van der Waals surface area (Å²) in [5.74, 6) is -0.207. The molecule has 3 aromatic heterocycles. The van der Waals surface area contributed by atoms with E-state index >= 15 is 0 Å². The Kier molecular flexibility index (Phi) is 3.53. The van der Waals surface area contributed by atoms with Gasteiger partial charge in [0.05, 0.1) is 34.7 Å². The average molecular weight is 296 g/mol. The summed E-state index contributed by atoms with van der Waals surface area (Å²) in [5.41, 5.74) is 7.47. The molecular formula is C15H12N4O3. The highest BCUT2D eigenvalue weighted by Gasteiger charge is 2.15. The SMILES string of the molecule is NC(=O)c1cc2cnccn2c1COc1cnccc1C=O. The van der Waals surface area contributed by atoms with Crippen molar-refractivity contribution < 1.29 is 14.3 Å². The van der Waals surface area contributed by atoms with Gasteiger partial charge in [-0.25, -0.2) is 0 Å². The number of aldehydes is 1. The van der Waals surface area contributed by atoms with E-state index in [4.69, 9.17) is 10.5 Å². The molecule has 3 rings (SSSR count). The van der Waals surface area contributed by atoms with Crippen LogP contribution in [0.3, 0.4) is 0 Å². The van der Waals surface area contributed by atoms with Crippen LogP contribution in [-0.2, 0) is 6.61 Å². The Balaban J connectivity index is 1.98. The van der Waals surface area contributed by atoms with E-state index < -0.39 is 5.91 Å². The number of primary amides is 1. The second-order valence-electron chi connectivity index (χ2n) is 4.56. The van der Waals surface area contributed by atoms with Crippen molar-refractivity contribution in [1.82, 2.24) is 14.4 Å². The minimum Gasteiger partial charge on any atom is -0.485 e. The summed E-state index contributed by atoms with van der Waals surface area (Å²) in [5, 5.41) is 0. The van der Waals surface area contributed by atoms with Crippen LogP contribution in [-0.4, -0.2) is 26.6 Å². The maximum absolute atomic E-state index is 11.6. The maximum atomic E-state index is 11.6. The molecule has 0 aliphatic heterocycles. The molecule has 0 saturated carbocycles. The van der Waals surface area contributed by atoms with Crippen LogP contribution in [0.4, 0.5) is 0 Å². The number of ether oxygens (including phenoxy) is 1. The maximum Gasteiger partial charge on any atom is 0.250 e. The first-order valence-electron chi connectivity index (χ1n) is 6.46. The molecule has 7 heteroatoms. The third-order valence-corrected chi connectivity index (χ3v) is 3.25. The Labute approximate surface area is 125 Å². The van der Waals surface area contributed by atoms with Gasteiger partial charge in [0.1, 0.15) is 12.4 Å². The average Bonchev–Trinajstić information content (AvgIpc) is 2.92. The van der Waals surface area contributed by atoms with Crippen molar-refractivity contribution in [1.29, 1.82) is 0 Å². The van der Waals surface area contributed by atoms with Crippen molar-refractivity contribution in [3.63, 3.8) is 0 Å². The van der Waals surface area contributed by atoms with Gasteiger partial charge in [-0.1, -0.05) is 0 Å². The Hall–Kier alpha value is -3.22. The van der Waals surface area contributed by atoms with E-state index in [9.17, 15) is 9.59 Å². The zero-order chi connectivity index (χ0) is 15.5. The lowest BCUT2D eigenvalue weighted by Gasteiger charge is -2.09. The number of aromatic nitrogens is 3. The highest BCUT2D eigenvalue weighted by Crippen LogP contribution is 2.20. The van der Waals surface area contributed by atoms with E-state index in [1.165, 1.54) is 12.4 Å². The normalized spacial score (nSPS) is 10.5. The number of hydrogen-bond acceptors (Lipinski definition) is 5. The lowest BCUT2D eigenvalue weighted by Crippen LogP contribution is -2.14. The molecule has 0 bridgehead atoms. The van der Waals surface area contributed by atoms with Gasteiger partial charge in [0.2, 0.25) is 0 Å². The van der Waals surface area contributed by atoms with Gasteiger partial charge in [0.25, 0.3) is 5.91 Å². The van der Waals surface area contributed by atoms with Crippen molar-refractivity contribution in [3.8, 4) is 5.75 Å². The van der Waals surface area contributed by atoms with Crippen LogP contribution in [0.2, 0.25) is 0 Å². The van der Waals surface area contributed by atoms with Gasteiger partial charge in [0.15, 0.2) is 6.29 Å². The van der Waals surface area contributed by atoms with Crippen LogP contribution in [0.15, 0.2) is 43.1 Å². The van der Waals surface area contributed by atoms with E-state index in [1.54, 1.807) is 35.1 Å². The number of rotatable bonds is 5. The van der Waals surface area contributed by atoms with Crippen LogP contribution in [0.25, 0.3) is 5.52 Å². The Morgan fingerprint density at radius 2 is 2.14 bits per heavy atom. The molecule has 0 atom stereocenters. The number of carbonyl (C=O) groups is 2. The van der Waals surface area contributed by atoms with E-state index in [2.05, 4.69) is 9.97 Å². The number of amides is 1. The third kappa shape index (κ3) is 2.39. The molecule has 0 aromatic carbocycles. The van der Waals surface area contributed by atoms with Crippen LogP contribution < -0.4 is 10.5 Å². The molecule has 0 saturated heterocycles. The van der Waals surface area contributed by atoms with Gasteiger partial charge < -0.3 is 14.9 Å². The smallest absolute Gasteiger partial charge is 0.250 e. The Morgan fingerprint density at radius 3 is 2.91 bits per heavy atom. The fourth-order valence-electron chi connectivity index (χ4n) is 2.20. The van der Waals surface area contributed by atoms with Crippen molar-refractivity contribution in [2.75, 3.05) is 0 Å². The number of hydrogen-bond donors (Lipinski definition) is 1. The van der Waals surface area contributed by atoms with Crippen molar-refractivity contribution >= 4 is 17.7 Å². The van der Waals surface area contributed by atoms with Gasteiger partial charge in [-0.2, -0.15) is 0 Å². The molecule has 3 aromatic rings. The Morgan fingerprint density at radius 1 is 1.32 bits per heavy atom. The number of pyridine rings is 1. The van der Waals surface area contributed by atoms with Crippen LogP contribution in [0, 0.1) is 0 Å². The Bertz CT molecular complexity index is 857. The summed E-state index contributed by atoms with van der Waals surface area (Å²) in [4.78, 5) is 30.5. The molecule has 2 N–H and O–H groups in total. The minimum absolute atomic E-state index is 0.0724. The molecule has 110 valence electrons. The molecule has 0 unspecified atom stereocenters. The molecule has 1 amide bonds. The molecule has 22 heavy (non-hydrogen) atoms. The second-order valence-corrected chi connectivity index (χ2v) is 4.56. The molecule has 0 spiro atoms. The zero-order valence-corrected chi connectivity index (χ0v) is 11.5. The highest BCUT2D eigenvalue weighted by molar-refractivity contribution is 5.95. The van der Waals surface area contributed by atoms with Crippen molar-refractivity contribution in [2.24, 2.45) is 5.73 Å². The molecule has 3 heterocycles. The quantitative estimate of drug-likeness (QED) is 0.713. The third-order valence-electron chi connectivity index (χ3n) is 3.25. The first-order chi connectivity index (χ1) is 10.7.